The van der Waals surface area contributed by atoms with Crippen molar-refractivity contribution >= 4 is 29.7 Å². The van der Waals surface area contributed by atoms with Crippen molar-refractivity contribution < 1.29 is 89.6 Å². The third kappa shape index (κ3) is 19.9. The summed E-state index contributed by atoms with van der Waals surface area (Å²) in [6, 6.07) is -2.19. The van der Waals surface area contributed by atoms with Crippen LogP contribution in [-0.2, 0) is 33.4 Å². The molecule has 2 aliphatic heterocycles. The van der Waals surface area contributed by atoms with E-state index in [0.717, 1.165) is 20.8 Å². The van der Waals surface area contributed by atoms with Crippen LogP contribution in [0.1, 0.15) is 34.6 Å². The molecule has 0 aromatic heterocycles. The molecule has 0 spiro atoms. The van der Waals surface area contributed by atoms with E-state index in [0.29, 0.717) is 0 Å². The molecule has 0 aromatic rings. The Morgan fingerprint density at radius 1 is 0.524 bits per heavy atom. The topological polar surface area (TPSA) is 350 Å². The summed E-state index contributed by atoms with van der Waals surface area (Å²) in [5.74, 6) is -3.42. The molecule has 0 bridgehead atoms. The summed E-state index contributed by atoms with van der Waals surface area (Å²) in [6.45, 7) is 4.62. The molecular formula is C22H42N2O18. The van der Waals surface area contributed by atoms with Gasteiger partial charge < -0.3 is 76.3 Å². The molecule has 2 aliphatic rings. The van der Waals surface area contributed by atoms with E-state index < -0.39 is 104 Å². The van der Waals surface area contributed by atoms with E-state index in [2.05, 4.69) is 10.6 Å². The van der Waals surface area contributed by atoms with Crippen molar-refractivity contribution in [3.05, 3.63) is 0 Å². The van der Waals surface area contributed by atoms with Gasteiger partial charge >= 0.3 is 0 Å². The number of carbonyl (C=O) groups is 5. The molecule has 20 heteroatoms. The molecule has 0 radical (unpaired) electrons. The number of ether oxygens (including phenoxy) is 2. The molecule has 2 fully saturated rings. The lowest BCUT2D eigenvalue weighted by Gasteiger charge is -2.40. The zero-order valence-electron chi connectivity index (χ0n) is 23.5. The minimum atomic E-state index is -1.45. The highest BCUT2D eigenvalue weighted by Crippen LogP contribution is 2.20. The van der Waals surface area contributed by atoms with E-state index in [9.17, 15) is 40.2 Å². The van der Waals surface area contributed by atoms with Crippen LogP contribution in [0.5, 0.6) is 0 Å². The maximum Gasteiger partial charge on any atom is 0.300 e. The van der Waals surface area contributed by atoms with Crippen LogP contribution >= 0.6 is 0 Å². The standard InChI is InChI=1S/2C8H15NO6.3C2H4O2/c2*1-3(11)9-5-7(13)6(12)4(2-10)15-8(5)14;3*1-2(3)4/h2*4-8,10,12-14H,2H2,1H3,(H,9,11);3*1H3,(H,3,4)/t4-,5-,6+,7-,8?;4-,5-,6-,7-,8?;;;/m11.../s1. The van der Waals surface area contributed by atoms with Gasteiger partial charge in [0, 0.05) is 34.6 Å². The number of rotatable bonds is 4. The van der Waals surface area contributed by atoms with Crippen molar-refractivity contribution in [2.45, 2.75) is 95.9 Å². The fourth-order valence-electron chi connectivity index (χ4n) is 2.98. The molecule has 2 rings (SSSR count). The average molecular weight is 623 g/mol. The van der Waals surface area contributed by atoms with Gasteiger partial charge in [-0.1, -0.05) is 0 Å². The molecule has 13 N–H and O–H groups in total. The molecule has 2 amide bonds. The first kappa shape index (κ1) is 43.4. The molecule has 0 aromatic carbocycles. The first-order valence-electron chi connectivity index (χ1n) is 11.9. The van der Waals surface area contributed by atoms with Gasteiger partial charge in [-0.3, -0.25) is 24.0 Å². The highest BCUT2D eigenvalue weighted by Gasteiger charge is 2.44. The largest absolute Gasteiger partial charge is 0.481 e. The Morgan fingerprint density at radius 2 is 0.738 bits per heavy atom. The Labute approximate surface area is 239 Å². The van der Waals surface area contributed by atoms with Crippen molar-refractivity contribution in [1.82, 2.24) is 10.6 Å². The van der Waals surface area contributed by atoms with Gasteiger partial charge in [-0.2, -0.15) is 0 Å². The molecule has 2 heterocycles. The number of carbonyl (C=O) groups excluding carboxylic acids is 2. The van der Waals surface area contributed by atoms with Gasteiger partial charge in [0.1, 0.15) is 48.7 Å². The van der Waals surface area contributed by atoms with Crippen molar-refractivity contribution in [1.29, 1.82) is 0 Å². The molecule has 2 saturated heterocycles. The SMILES string of the molecule is CC(=O)N[C@H]1C(O)O[C@H](CO)[C@@H](O)[C@@H]1O.CC(=O)N[C@H]1C(O)O[C@H](CO)[C@H](O)[C@@H]1O.CC(=O)O.CC(=O)O.CC(=O)O. The van der Waals surface area contributed by atoms with E-state index in [1.54, 1.807) is 0 Å². The zero-order valence-corrected chi connectivity index (χ0v) is 23.5. The monoisotopic (exact) mass is 622 g/mol. The quantitative estimate of drug-likeness (QED) is 0.139. The Morgan fingerprint density at radius 3 is 0.905 bits per heavy atom. The number of hydrogen-bond acceptors (Lipinski definition) is 15. The minimum absolute atomic E-state index is 0.462. The van der Waals surface area contributed by atoms with Crippen LogP contribution in [0.15, 0.2) is 0 Å². The third-order valence-corrected chi connectivity index (χ3v) is 4.54. The van der Waals surface area contributed by atoms with E-state index >= 15 is 0 Å². The number of aliphatic carboxylic acids is 3. The van der Waals surface area contributed by atoms with E-state index in [1.807, 2.05) is 0 Å². The summed E-state index contributed by atoms with van der Waals surface area (Å²) >= 11 is 0. The lowest BCUT2D eigenvalue weighted by Crippen LogP contribution is -2.63. The summed E-state index contributed by atoms with van der Waals surface area (Å²) in [5.41, 5.74) is 0. The highest BCUT2D eigenvalue weighted by atomic mass is 16.6. The number of hydrogen-bond donors (Lipinski definition) is 13. The predicted molar refractivity (Wildman–Crippen MR) is 135 cm³/mol. The number of carboxylic acid groups (broad SMARTS) is 3. The Balaban J connectivity index is -0.000000526. The second-order valence-electron chi connectivity index (χ2n) is 8.47. The van der Waals surface area contributed by atoms with Gasteiger partial charge in [0.2, 0.25) is 11.8 Å². The molecule has 10 atom stereocenters. The number of aliphatic hydroxyl groups excluding tert-OH is 8. The summed E-state index contributed by atoms with van der Waals surface area (Å²) in [4.78, 5) is 48.5. The zero-order chi connectivity index (χ0) is 33.9. The molecule has 0 saturated carbocycles. The fraction of sp³-hybridized carbons (Fsp3) is 0.773. The second kappa shape index (κ2) is 22.5. The van der Waals surface area contributed by atoms with Crippen LogP contribution in [-0.4, -0.2) is 160 Å². The molecule has 2 unspecified atom stereocenters. The van der Waals surface area contributed by atoms with E-state index in [4.69, 9.17) is 49.4 Å². The Hall–Kier alpha value is -3.05. The van der Waals surface area contributed by atoms with Crippen LogP contribution < -0.4 is 10.6 Å². The van der Waals surface area contributed by atoms with Crippen LogP contribution in [0, 0.1) is 0 Å². The first-order valence-corrected chi connectivity index (χ1v) is 11.9. The minimum Gasteiger partial charge on any atom is -0.481 e. The highest BCUT2D eigenvalue weighted by molar-refractivity contribution is 5.73. The Bertz CT molecular complexity index is 741. The summed E-state index contributed by atoms with van der Waals surface area (Å²) < 4.78 is 9.62. The second-order valence-corrected chi connectivity index (χ2v) is 8.47. The van der Waals surface area contributed by atoms with Gasteiger partial charge in [0.05, 0.1) is 13.2 Å². The normalized spacial score (nSPS) is 31.3. The lowest BCUT2D eigenvalue weighted by atomic mass is 9.97. The fourth-order valence-corrected chi connectivity index (χ4v) is 2.98. The molecule has 0 aliphatic carbocycles. The van der Waals surface area contributed by atoms with Crippen LogP contribution in [0.2, 0.25) is 0 Å². The lowest BCUT2D eigenvalue weighted by molar-refractivity contribution is -0.253. The molecule has 42 heavy (non-hydrogen) atoms. The number of carboxylic acids is 3. The van der Waals surface area contributed by atoms with Gasteiger partial charge in [-0.25, -0.2) is 0 Å². The molecular weight excluding hydrogens is 580 g/mol. The number of aliphatic hydroxyl groups is 8. The van der Waals surface area contributed by atoms with E-state index in [-0.39, 0.29) is 0 Å². The molecule has 248 valence electrons. The average Bonchev–Trinajstić information content (AvgIpc) is 2.83. The van der Waals surface area contributed by atoms with Gasteiger partial charge in [-0.05, 0) is 0 Å². The van der Waals surface area contributed by atoms with Crippen molar-refractivity contribution in [3.63, 3.8) is 0 Å². The Kier molecular flexibility index (Phi) is 23.3. The maximum atomic E-state index is 10.7. The van der Waals surface area contributed by atoms with Crippen molar-refractivity contribution in [2.75, 3.05) is 13.2 Å². The smallest absolute Gasteiger partial charge is 0.300 e. The van der Waals surface area contributed by atoms with Crippen LogP contribution in [0.3, 0.4) is 0 Å². The maximum absolute atomic E-state index is 10.7. The summed E-state index contributed by atoms with van der Waals surface area (Å²) in [7, 11) is 0. The van der Waals surface area contributed by atoms with Crippen molar-refractivity contribution in [3.8, 4) is 0 Å². The van der Waals surface area contributed by atoms with Crippen molar-refractivity contribution in [2.24, 2.45) is 0 Å². The third-order valence-electron chi connectivity index (χ3n) is 4.54. The molecule has 20 nitrogen and oxygen atoms in total. The van der Waals surface area contributed by atoms with E-state index in [1.165, 1.54) is 13.8 Å². The summed E-state index contributed by atoms with van der Waals surface area (Å²) in [6.07, 6.45) is -10.5. The number of nitrogens with one attached hydrogen (secondary N) is 2. The first-order chi connectivity index (χ1) is 19.1. The van der Waals surface area contributed by atoms with Crippen LogP contribution in [0.25, 0.3) is 0 Å². The summed E-state index contributed by atoms with van der Waals surface area (Å²) in [5, 5.41) is 101. The van der Waals surface area contributed by atoms with Gasteiger partial charge in [0.15, 0.2) is 12.6 Å². The van der Waals surface area contributed by atoms with Gasteiger partial charge in [-0.15, -0.1) is 0 Å². The van der Waals surface area contributed by atoms with Gasteiger partial charge in [0.25, 0.3) is 17.9 Å². The predicted octanol–water partition coefficient (Wildman–Crippen LogP) is -5.88. The number of amides is 2. The van der Waals surface area contributed by atoms with Crippen LogP contribution in [0.4, 0.5) is 0 Å².